The van der Waals surface area contributed by atoms with Gasteiger partial charge in [-0.3, -0.25) is 0 Å². The van der Waals surface area contributed by atoms with E-state index in [1.165, 1.54) is 12.1 Å². The second kappa shape index (κ2) is 5.66. The summed E-state index contributed by atoms with van der Waals surface area (Å²) < 4.78 is 14.9. The summed E-state index contributed by atoms with van der Waals surface area (Å²) in [4.78, 5) is 4.46. The zero-order valence-electron chi connectivity index (χ0n) is 11.4. The molecule has 0 bridgehead atoms. The molecule has 5 heteroatoms. The summed E-state index contributed by atoms with van der Waals surface area (Å²) in [6.45, 7) is 2.29. The molecule has 21 heavy (non-hydrogen) atoms. The number of rotatable bonds is 3. The summed E-state index contributed by atoms with van der Waals surface area (Å²) in [6, 6.07) is 14.2. The van der Waals surface area contributed by atoms with Crippen molar-refractivity contribution in [3.8, 4) is 11.4 Å². The molecule has 0 aliphatic rings. The van der Waals surface area contributed by atoms with E-state index >= 15 is 0 Å². The summed E-state index contributed by atoms with van der Waals surface area (Å²) in [5.41, 5.74) is 1.79. The largest absolute Gasteiger partial charge is 0.241 e. The van der Waals surface area contributed by atoms with Crippen LogP contribution >= 0.6 is 11.6 Å². The fraction of sp³-hybridized carbons (Fsp3) is 0.125. The van der Waals surface area contributed by atoms with Gasteiger partial charge in [0.25, 0.3) is 0 Å². The van der Waals surface area contributed by atoms with Gasteiger partial charge in [-0.2, -0.15) is 5.10 Å². The van der Waals surface area contributed by atoms with E-state index in [0.717, 1.165) is 17.0 Å². The van der Waals surface area contributed by atoms with Crippen LogP contribution in [0.1, 0.15) is 11.4 Å². The van der Waals surface area contributed by atoms with Crippen LogP contribution in [0.4, 0.5) is 4.39 Å². The normalized spacial score (nSPS) is 10.8. The van der Waals surface area contributed by atoms with Crippen LogP contribution in [0.3, 0.4) is 0 Å². The van der Waals surface area contributed by atoms with Gasteiger partial charge in [0, 0.05) is 10.6 Å². The van der Waals surface area contributed by atoms with Crippen LogP contribution in [0.5, 0.6) is 0 Å². The minimum absolute atomic E-state index is 0.346. The van der Waals surface area contributed by atoms with Crippen molar-refractivity contribution < 1.29 is 4.39 Å². The topological polar surface area (TPSA) is 30.7 Å². The Morgan fingerprint density at radius 3 is 2.62 bits per heavy atom. The fourth-order valence-corrected chi connectivity index (χ4v) is 2.40. The first-order valence-corrected chi connectivity index (χ1v) is 6.92. The van der Waals surface area contributed by atoms with Gasteiger partial charge < -0.3 is 0 Å². The quantitative estimate of drug-likeness (QED) is 0.729. The molecule has 0 N–H and O–H groups in total. The van der Waals surface area contributed by atoms with Crippen molar-refractivity contribution in [2.75, 3.05) is 0 Å². The zero-order valence-corrected chi connectivity index (χ0v) is 12.2. The number of hydrogen-bond donors (Lipinski definition) is 0. The standard InChI is InChI=1S/C16H13ClFN3/c1-11-19-16(12-5-3-2-4-6-12)21(20-11)10-13-7-8-14(18)9-15(13)17/h2-9H,10H2,1H3. The molecular formula is C16H13ClFN3. The number of aromatic nitrogens is 3. The van der Waals surface area contributed by atoms with Crippen molar-refractivity contribution >= 4 is 11.6 Å². The van der Waals surface area contributed by atoms with Crippen LogP contribution in [0.25, 0.3) is 11.4 Å². The molecule has 1 aromatic heterocycles. The lowest BCUT2D eigenvalue weighted by atomic mass is 10.2. The number of aryl methyl sites for hydroxylation is 1. The van der Waals surface area contributed by atoms with Crippen LogP contribution in [0.2, 0.25) is 5.02 Å². The summed E-state index contributed by atoms with van der Waals surface area (Å²) in [7, 11) is 0. The molecular weight excluding hydrogens is 289 g/mol. The Morgan fingerprint density at radius 1 is 1.14 bits per heavy atom. The molecule has 0 saturated carbocycles. The molecule has 1 heterocycles. The van der Waals surface area contributed by atoms with Gasteiger partial charge >= 0.3 is 0 Å². The maximum atomic E-state index is 13.1. The summed E-state index contributed by atoms with van der Waals surface area (Å²) >= 11 is 6.08. The van der Waals surface area contributed by atoms with Gasteiger partial charge in [0.15, 0.2) is 5.82 Å². The van der Waals surface area contributed by atoms with Crippen LogP contribution in [-0.4, -0.2) is 14.8 Å². The second-order valence-electron chi connectivity index (χ2n) is 4.74. The Hall–Kier alpha value is -2.20. The van der Waals surface area contributed by atoms with Crippen molar-refractivity contribution in [1.29, 1.82) is 0 Å². The SMILES string of the molecule is Cc1nc(-c2ccccc2)n(Cc2ccc(F)cc2Cl)n1. The van der Waals surface area contributed by atoms with Crippen LogP contribution in [0.15, 0.2) is 48.5 Å². The lowest BCUT2D eigenvalue weighted by molar-refractivity contribution is 0.624. The predicted molar refractivity (Wildman–Crippen MR) is 80.7 cm³/mol. The Labute approximate surface area is 127 Å². The summed E-state index contributed by atoms with van der Waals surface area (Å²) in [6.07, 6.45) is 0. The number of benzene rings is 2. The van der Waals surface area contributed by atoms with Crippen LogP contribution in [-0.2, 0) is 6.54 Å². The second-order valence-corrected chi connectivity index (χ2v) is 5.15. The Morgan fingerprint density at radius 2 is 1.90 bits per heavy atom. The summed E-state index contributed by atoms with van der Waals surface area (Å²) in [5, 5.41) is 4.79. The molecule has 0 aliphatic heterocycles. The fourth-order valence-electron chi connectivity index (χ4n) is 2.18. The number of hydrogen-bond acceptors (Lipinski definition) is 2. The lowest BCUT2D eigenvalue weighted by Gasteiger charge is -2.08. The Balaban J connectivity index is 2.00. The van der Waals surface area contributed by atoms with E-state index in [2.05, 4.69) is 10.1 Å². The van der Waals surface area contributed by atoms with Crippen molar-refractivity contribution in [2.45, 2.75) is 13.5 Å². The number of nitrogens with zero attached hydrogens (tertiary/aromatic N) is 3. The Bertz CT molecular complexity index is 768. The smallest absolute Gasteiger partial charge is 0.158 e. The van der Waals surface area contributed by atoms with Crippen molar-refractivity contribution in [1.82, 2.24) is 14.8 Å². The molecule has 0 amide bonds. The molecule has 0 atom stereocenters. The third kappa shape index (κ3) is 2.95. The van der Waals surface area contributed by atoms with E-state index in [9.17, 15) is 4.39 Å². The predicted octanol–water partition coefficient (Wildman–Crippen LogP) is 4.09. The summed E-state index contributed by atoms with van der Waals surface area (Å²) in [5.74, 6) is 1.11. The first kappa shape index (κ1) is 13.8. The molecule has 3 rings (SSSR count). The van der Waals surface area contributed by atoms with E-state index in [-0.39, 0.29) is 5.82 Å². The molecule has 0 spiro atoms. The molecule has 2 aromatic carbocycles. The zero-order chi connectivity index (χ0) is 14.8. The highest BCUT2D eigenvalue weighted by molar-refractivity contribution is 6.31. The van der Waals surface area contributed by atoms with Crippen molar-refractivity contribution in [2.24, 2.45) is 0 Å². The van der Waals surface area contributed by atoms with Gasteiger partial charge in [-0.15, -0.1) is 0 Å². The lowest BCUT2D eigenvalue weighted by Crippen LogP contribution is -2.05. The minimum atomic E-state index is -0.346. The molecule has 3 aromatic rings. The van der Waals surface area contributed by atoms with E-state index in [4.69, 9.17) is 11.6 Å². The molecule has 3 nitrogen and oxygen atoms in total. The monoisotopic (exact) mass is 301 g/mol. The average molecular weight is 302 g/mol. The molecule has 0 aliphatic carbocycles. The third-order valence-electron chi connectivity index (χ3n) is 3.14. The van der Waals surface area contributed by atoms with E-state index in [1.54, 1.807) is 10.7 Å². The average Bonchev–Trinajstić information content (AvgIpc) is 2.84. The third-order valence-corrected chi connectivity index (χ3v) is 3.50. The van der Waals surface area contributed by atoms with E-state index < -0.39 is 0 Å². The van der Waals surface area contributed by atoms with E-state index in [1.807, 2.05) is 37.3 Å². The van der Waals surface area contributed by atoms with Crippen LogP contribution < -0.4 is 0 Å². The Kier molecular flexibility index (Phi) is 3.71. The molecule has 0 fully saturated rings. The minimum Gasteiger partial charge on any atom is -0.241 e. The van der Waals surface area contributed by atoms with Gasteiger partial charge in [-0.25, -0.2) is 14.1 Å². The molecule has 0 radical (unpaired) electrons. The van der Waals surface area contributed by atoms with Gasteiger partial charge in [-0.1, -0.05) is 48.0 Å². The first-order valence-electron chi connectivity index (χ1n) is 6.54. The highest BCUT2D eigenvalue weighted by Gasteiger charge is 2.11. The van der Waals surface area contributed by atoms with Gasteiger partial charge in [0.05, 0.1) is 6.54 Å². The van der Waals surface area contributed by atoms with Crippen molar-refractivity contribution in [3.63, 3.8) is 0 Å². The maximum Gasteiger partial charge on any atom is 0.158 e. The first-order chi connectivity index (χ1) is 10.1. The van der Waals surface area contributed by atoms with Gasteiger partial charge in [0.1, 0.15) is 11.6 Å². The van der Waals surface area contributed by atoms with Crippen LogP contribution in [0, 0.1) is 12.7 Å². The number of halogens is 2. The van der Waals surface area contributed by atoms with Gasteiger partial charge in [-0.05, 0) is 24.6 Å². The van der Waals surface area contributed by atoms with Gasteiger partial charge in [0.2, 0.25) is 0 Å². The highest BCUT2D eigenvalue weighted by Crippen LogP contribution is 2.22. The van der Waals surface area contributed by atoms with Crippen molar-refractivity contribution in [3.05, 3.63) is 70.8 Å². The highest BCUT2D eigenvalue weighted by atomic mass is 35.5. The maximum absolute atomic E-state index is 13.1. The molecule has 0 saturated heterocycles. The molecule has 0 unspecified atom stereocenters. The molecule has 106 valence electrons. The van der Waals surface area contributed by atoms with E-state index in [0.29, 0.717) is 17.4 Å².